The van der Waals surface area contributed by atoms with E-state index in [0.717, 1.165) is 18.4 Å². The Balaban J connectivity index is 1.46. The van der Waals surface area contributed by atoms with Crippen LogP contribution in [0.4, 0.5) is 11.4 Å². The maximum absolute atomic E-state index is 12.5. The molecule has 0 saturated carbocycles. The number of carbonyl (C=O) groups excluding carboxylic acids is 2. The van der Waals surface area contributed by atoms with Crippen LogP contribution in [0, 0.1) is 24.0 Å². The number of rotatable bonds is 6. The van der Waals surface area contributed by atoms with Gasteiger partial charge in [-0.25, -0.2) is 0 Å². The summed E-state index contributed by atoms with van der Waals surface area (Å²) in [6.07, 6.45) is 1.56. The van der Waals surface area contributed by atoms with Crippen molar-refractivity contribution in [3.8, 4) is 0 Å². The maximum atomic E-state index is 12.5. The largest absolute Gasteiger partial charge is 0.349 e. The summed E-state index contributed by atoms with van der Waals surface area (Å²) < 4.78 is 0. The third kappa shape index (κ3) is 5.42. The number of non-ortho nitro benzene ring substituents is 1. The molecule has 0 aromatic heterocycles. The Hall–Kier alpha value is -3.26. The van der Waals surface area contributed by atoms with Gasteiger partial charge in [0, 0.05) is 42.5 Å². The van der Waals surface area contributed by atoms with E-state index in [2.05, 4.69) is 10.6 Å². The molecule has 3 rings (SSSR count). The van der Waals surface area contributed by atoms with Crippen LogP contribution in [0.1, 0.15) is 34.3 Å². The number of anilines is 1. The van der Waals surface area contributed by atoms with Crippen LogP contribution < -0.4 is 10.6 Å². The average molecular weight is 410 g/mol. The lowest BCUT2D eigenvalue weighted by molar-refractivity contribution is -0.384. The van der Waals surface area contributed by atoms with E-state index in [1.54, 1.807) is 13.0 Å². The molecule has 1 aliphatic heterocycles. The number of nitro groups is 1. The topological polar surface area (TPSA) is 105 Å². The monoisotopic (exact) mass is 410 g/mol. The Morgan fingerprint density at radius 1 is 1.10 bits per heavy atom. The number of hydrogen-bond donors (Lipinski definition) is 2. The molecular formula is C22H26N4O4. The Bertz CT molecular complexity index is 952. The van der Waals surface area contributed by atoms with Crippen molar-refractivity contribution in [3.05, 3.63) is 69.3 Å². The van der Waals surface area contributed by atoms with E-state index in [-0.39, 0.29) is 30.1 Å². The lowest BCUT2D eigenvalue weighted by Crippen LogP contribution is -2.46. The molecule has 8 heteroatoms. The van der Waals surface area contributed by atoms with Crippen molar-refractivity contribution in [1.29, 1.82) is 0 Å². The zero-order valence-corrected chi connectivity index (χ0v) is 17.2. The van der Waals surface area contributed by atoms with Gasteiger partial charge in [-0.1, -0.05) is 18.2 Å². The van der Waals surface area contributed by atoms with Crippen molar-refractivity contribution >= 4 is 23.2 Å². The van der Waals surface area contributed by atoms with Crippen molar-refractivity contribution in [2.45, 2.75) is 32.7 Å². The molecule has 30 heavy (non-hydrogen) atoms. The number of nitrogens with one attached hydrogen (secondary N) is 2. The highest BCUT2D eigenvalue weighted by atomic mass is 16.6. The second-order valence-electron chi connectivity index (χ2n) is 7.64. The highest BCUT2D eigenvalue weighted by molar-refractivity contribution is 5.95. The molecule has 1 heterocycles. The third-order valence-electron chi connectivity index (χ3n) is 5.37. The normalized spacial score (nSPS) is 14.9. The summed E-state index contributed by atoms with van der Waals surface area (Å²) in [6, 6.07) is 12.0. The van der Waals surface area contributed by atoms with Crippen LogP contribution in [0.3, 0.4) is 0 Å². The van der Waals surface area contributed by atoms with E-state index in [0.29, 0.717) is 29.9 Å². The van der Waals surface area contributed by atoms with Crippen LogP contribution >= 0.6 is 0 Å². The summed E-state index contributed by atoms with van der Waals surface area (Å²) in [5.74, 6) is -0.215. The van der Waals surface area contributed by atoms with E-state index >= 15 is 0 Å². The Labute approximate surface area is 175 Å². The number of amides is 2. The smallest absolute Gasteiger partial charge is 0.269 e. The predicted molar refractivity (Wildman–Crippen MR) is 115 cm³/mol. The van der Waals surface area contributed by atoms with Crippen molar-refractivity contribution in [2.24, 2.45) is 0 Å². The molecule has 2 aromatic carbocycles. The molecule has 1 saturated heterocycles. The lowest BCUT2D eigenvalue weighted by Gasteiger charge is -2.32. The van der Waals surface area contributed by atoms with E-state index in [1.807, 2.05) is 36.1 Å². The first-order valence-electron chi connectivity index (χ1n) is 9.97. The highest BCUT2D eigenvalue weighted by Crippen LogP contribution is 2.21. The zero-order valence-electron chi connectivity index (χ0n) is 17.2. The van der Waals surface area contributed by atoms with Gasteiger partial charge >= 0.3 is 0 Å². The fourth-order valence-corrected chi connectivity index (χ4v) is 3.62. The van der Waals surface area contributed by atoms with Gasteiger partial charge in [0.2, 0.25) is 5.91 Å². The average Bonchev–Trinajstić information content (AvgIpc) is 2.71. The molecule has 158 valence electrons. The molecule has 1 fully saturated rings. The number of nitrogens with zero attached hydrogens (tertiary/aromatic N) is 2. The fraction of sp³-hybridized carbons (Fsp3) is 0.364. The van der Waals surface area contributed by atoms with Crippen LogP contribution in [0.5, 0.6) is 0 Å². The highest BCUT2D eigenvalue weighted by Gasteiger charge is 2.23. The lowest BCUT2D eigenvalue weighted by atomic mass is 10.0. The van der Waals surface area contributed by atoms with Crippen molar-refractivity contribution < 1.29 is 14.5 Å². The molecule has 2 aromatic rings. The molecule has 0 unspecified atom stereocenters. The van der Waals surface area contributed by atoms with Gasteiger partial charge in [0.15, 0.2) is 0 Å². The second-order valence-corrected chi connectivity index (χ2v) is 7.64. The van der Waals surface area contributed by atoms with E-state index in [4.69, 9.17) is 0 Å². The summed E-state index contributed by atoms with van der Waals surface area (Å²) in [5, 5.41) is 16.7. The molecule has 0 aliphatic carbocycles. The van der Waals surface area contributed by atoms with Crippen LogP contribution in [0.25, 0.3) is 0 Å². The molecule has 8 nitrogen and oxygen atoms in total. The number of benzene rings is 2. The number of likely N-dealkylation sites (tertiary alicyclic amines) is 1. The first kappa shape index (κ1) is 21.4. The van der Waals surface area contributed by atoms with Gasteiger partial charge in [0.05, 0.1) is 11.5 Å². The Morgan fingerprint density at radius 3 is 2.43 bits per heavy atom. The zero-order chi connectivity index (χ0) is 21.7. The third-order valence-corrected chi connectivity index (χ3v) is 5.37. The summed E-state index contributed by atoms with van der Waals surface area (Å²) in [5.41, 5.74) is 2.87. The summed E-state index contributed by atoms with van der Waals surface area (Å²) in [4.78, 5) is 37.3. The molecule has 2 amide bonds. The van der Waals surface area contributed by atoms with Gasteiger partial charge in [0.25, 0.3) is 11.6 Å². The van der Waals surface area contributed by atoms with E-state index in [9.17, 15) is 19.7 Å². The number of nitro benzene ring substituents is 1. The van der Waals surface area contributed by atoms with Gasteiger partial charge in [-0.2, -0.15) is 0 Å². The van der Waals surface area contributed by atoms with E-state index < -0.39 is 4.92 Å². The first-order chi connectivity index (χ1) is 14.3. The van der Waals surface area contributed by atoms with Gasteiger partial charge in [-0.05, 0) is 49.9 Å². The molecule has 0 radical (unpaired) electrons. The summed E-state index contributed by atoms with van der Waals surface area (Å²) in [7, 11) is 0. The fourth-order valence-electron chi connectivity index (χ4n) is 3.62. The molecule has 0 bridgehead atoms. The SMILES string of the molecule is Cc1cc([N+](=O)[O-])ccc1NC(=O)CN1CCC(NC(=O)c2ccccc2C)CC1. The molecule has 0 atom stereocenters. The predicted octanol–water partition coefficient (Wildman–Crippen LogP) is 3.04. The molecular weight excluding hydrogens is 384 g/mol. The second kappa shape index (κ2) is 9.49. The Kier molecular flexibility index (Phi) is 6.79. The minimum absolute atomic E-state index is 0.000292. The van der Waals surface area contributed by atoms with Crippen molar-refractivity contribution in [2.75, 3.05) is 25.0 Å². The minimum atomic E-state index is -0.458. The van der Waals surface area contributed by atoms with Gasteiger partial charge in [0.1, 0.15) is 0 Å². The quantitative estimate of drug-likeness (QED) is 0.563. The summed E-state index contributed by atoms with van der Waals surface area (Å²) >= 11 is 0. The van der Waals surface area contributed by atoms with Crippen LogP contribution in [0.15, 0.2) is 42.5 Å². The van der Waals surface area contributed by atoms with Crippen molar-refractivity contribution in [1.82, 2.24) is 10.2 Å². The van der Waals surface area contributed by atoms with Crippen molar-refractivity contribution in [3.63, 3.8) is 0 Å². The molecule has 2 N–H and O–H groups in total. The minimum Gasteiger partial charge on any atom is -0.349 e. The van der Waals surface area contributed by atoms with Crippen LogP contribution in [0.2, 0.25) is 0 Å². The number of piperidine rings is 1. The molecule has 1 aliphatic rings. The first-order valence-corrected chi connectivity index (χ1v) is 9.97. The molecule has 0 spiro atoms. The van der Waals surface area contributed by atoms with Crippen LogP contribution in [-0.4, -0.2) is 47.3 Å². The Morgan fingerprint density at radius 2 is 1.80 bits per heavy atom. The van der Waals surface area contributed by atoms with Gasteiger partial charge < -0.3 is 10.6 Å². The van der Waals surface area contributed by atoms with Crippen LogP contribution in [-0.2, 0) is 4.79 Å². The number of aryl methyl sites for hydroxylation is 2. The van der Waals surface area contributed by atoms with E-state index in [1.165, 1.54) is 12.1 Å². The van der Waals surface area contributed by atoms with Gasteiger partial charge in [-0.3, -0.25) is 24.6 Å². The summed E-state index contributed by atoms with van der Waals surface area (Å²) in [6.45, 7) is 5.32. The number of carbonyl (C=O) groups is 2. The number of hydrogen-bond acceptors (Lipinski definition) is 5. The van der Waals surface area contributed by atoms with Gasteiger partial charge in [-0.15, -0.1) is 0 Å². The maximum Gasteiger partial charge on any atom is 0.269 e. The standard InChI is InChI=1S/C22H26N4O4/c1-15-5-3-4-6-19(15)22(28)23-17-9-11-25(12-10-17)14-21(27)24-20-8-7-18(26(29)30)13-16(20)2/h3-8,13,17H,9-12,14H2,1-2H3,(H,23,28)(H,24,27).